The van der Waals surface area contributed by atoms with Crippen LogP contribution in [0.4, 0.5) is 13.2 Å². The Labute approximate surface area is 277 Å². The summed E-state index contributed by atoms with van der Waals surface area (Å²) < 4.78 is 74.8. The number of para-hydroxylation sites is 2. The molecule has 0 atom stereocenters. The number of esters is 2. The number of phenolic OH excluding ortho intramolecular Hbond substituents is 1. The number of rotatable bonds is 8. The third-order valence-electron chi connectivity index (χ3n) is 6.71. The number of hydrogen-bond donors (Lipinski definition) is 1. The van der Waals surface area contributed by atoms with Crippen LogP contribution in [0.1, 0.15) is 32.1 Å². The molecule has 0 unspecified atom stereocenters. The molecule has 0 spiro atoms. The number of ether oxygens (including phenoxy) is 2. The molecule has 2 aromatic heterocycles. The zero-order valence-corrected chi connectivity index (χ0v) is 26.0. The summed E-state index contributed by atoms with van der Waals surface area (Å²) in [6.45, 7) is 0.167. The van der Waals surface area contributed by atoms with Crippen molar-refractivity contribution in [3.8, 4) is 11.5 Å². The van der Waals surface area contributed by atoms with Gasteiger partial charge < -0.3 is 18.8 Å². The summed E-state index contributed by atoms with van der Waals surface area (Å²) >= 11 is 0. The van der Waals surface area contributed by atoms with Crippen LogP contribution in [0.25, 0.3) is 21.8 Å². The zero-order chi connectivity index (χ0) is 35.0. The Morgan fingerprint density at radius 1 is 0.612 bits per heavy atom. The van der Waals surface area contributed by atoms with Gasteiger partial charge in [0, 0.05) is 10.8 Å². The molecular formula is C35H25F3N2O8S. The highest BCUT2D eigenvalue weighted by Crippen LogP contribution is 2.31. The normalized spacial score (nSPS) is 11.3. The number of phenols is 1. The van der Waals surface area contributed by atoms with E-state index in [2.05, 4.69) is 14.2 Å². The largest absolute Gasteiger partial charge is 0.534 e. The van der Waals surface area contributed by atoms with Crippen molar-refractivity contribution >= 4 is 43.9 Å². The molecule has 49 heavy (non-hydrogen) atoms. The van der Waals surface area contributed by atoms with E-state index in [9.17, 15) is 36.3 Å². The van der Waals surface area contributed by atoms with Crippen molar-refractivity contribution in [3.05, 3.63) is 144 Å². The lowest BCUT2D eigenvalue weighted by Gasteiger charge is -2.11. The van der Waals surface area contributed by atoms with Gasteiger partial charge >= 0.3 is 27.6 Å². The summed E-state index contributed by atoms with van der Waals surface area (Å²) in [5.41, 5.74) is -3.80. The van der Waals surface area contributed by atoms with Crippen molar-refractivity contribution in [2.75, 3.05) is 0 Å². The highest BCUT2D eigenvalue weighted by molar-refractivity contribution is 7.88. The van der Waals surface area contributed by atoms with Crippen LogP contribution in [0.5, 0.6) is 11.5 Å². The average Bonchev–Trinajstić information content (AvgIpc) is 3.10. The number of aromatic nitrogens is 2. The van der Waals surface area contributed by atoms with Gasteiger partial charge in [0.05, 0.1) is 0 Å². The first-order valence-corrected chi connectivity index (χ1v) is 15.7. The second kappa shape index (κ2) is 14.8. The summed E-state index contributed by atoms with van der Waals surface area (Å²) in [4.78, 5) is 32.3. The maximum atomic E-state index is 12.6. The molecule has 0 aliphatic rings. The topological polar surface area (TPSA) is 142 Å². The third-order valence-corrected chi connectivity index (χ3v) is 7.67. The maximum Gasteiger partial charge on any atom is 0.534 e. The van der Waals surface area contributed by atoms with Crippen molar-refractivity contribution in [1.29, 1.82) is 0 Å². The van der Waals surface area contributed by atoms with Crippen molar-refractivity contribution < 1.29 is 49.9 Å². The number of fused-ring (bicyclic) bond motifs is 2. The molecule has 0 saturated heterocycles. The molecule has 250 valence electrons. The molecule has 0 radical (unpaired) electrons. The maximum absolute atomic E-state index is 12.6. The van der Waals surface area contributed by atoms with Gasteiger partial charge in [-0.3, -0.25) is 0 Å². The van der Waals surface area contributed by atoms with E-state index in [1.54, 1.807) is 48.5 Å². The van der Waals surface area contributed by atoms with Crippen LogP contribution in [-0.2, 0) is 32.8 Å². The van der Waals surface area contributed by atoms with Gasteiger partial charge in [0.15, 0.2) is 5.75 Å². The minimum atomic E-state index is -5.88. The number of carbonyl (C=O) groups excluding carboxylic acids is 2. The van der Waals surface area contributed by atoms with E-state index in [1.165, 1.54) is 30.3 Å². The van der Waals surface area contributed by atoms with Gasteiger partial charge in [-0.25, -0.2) is 19.6 Å². The average molecular weight is 691 g/mol. The minimum Gasteiger partial charge on any atom is -0.506 e. The second-order valence-electron chi connectivity index (χ2n) is 10.2. The molecule has 14 heteroatoms. The number of nitrogens with zero attached hydrogens (tertiary/aromatic N) is 2. The SMILES string of the molecule is O=C(OCc1ccccc1)c1ccc2cccc(O)c2n1.O=C(OCc1ccccc1)c1ccc2cccc(OS(=O)(=O)C(F)(F)F)c2n1. The lowest BCUT2D eigenvalue weighted by molar-refractivity contribution is -0.0499. The van der Waals surface area contributed by atoms with Crippen LogP contribution < -0.4 is 4.18 Å². The fourth-order valence-corrected chi connectivity index (χ4v) is 4.77. The molecule has 6 rings (SSSR count). The number of benzene rings is 4. The first kappa shape index (κ1) is 34.3. The van der Waals surface area contributed by atoms with Crippen LogP contribution in [0.15, 0.2) is 121 Å². The Kier molecular flexibility index (Phi) is 10.4. The third kappa shape index (κ3) is 8.67. The van der Waals surface area contributed by atoms with Gasteiger partial charge in [-0.15, -0.1) is 0 Å². The van der Waals surface area contributed by atoms with Crippen LogP contribution in [-0.4, -0.2) is 40.9 Å². The fourth-order valence-electron chi connectivity index (χ4n) is 4.31. The summed E-state index contributed by atoms with van der Waals surface area (Å²) in [5, 5.41) is 10.8. The molecule has 0 aliphatic heterocycles. The van der Waals surface area contributed by atoms with E-state index in [-0.39, 0.29) is 41.3 Å². The van der Waals surface area contributed by atoms with Crippen molar-refractivity contribution in [1.82, 2.24) is 9.97 Å². The Hall–Kier alpha value is -6.02. The number of aromatic hydroxyl groups is 1. The molecule has 6 aromatic rings. The van der Waals surface area contributed by atoms with Gasteiger partial charge in [-0.2, -0.15) is 21.6 Å². The highest BCUT2D eigenvalue weighted by Gasteiger charge is 2.48. The van der Waals surface area contributed by atoms with E-state index in [0.29, 0.717) is 5.52 Å². The van der Waals surface area contributed by atoms with Crippen molar-refractivity contribution in [2.24, 2.45) is 0 Å². The summed E-state index contributed by atoms with van der Waals surface area (Å²) in [7, 11) is -5.88. The molecular weight excluding hydrogens is 665 g/mol. The molecule has 0 bridgehead atoms. The predicted octanol–water partition coefficient (Wildman–Crippen LogP) is 7.12. The first-order chi connectivity index (χ1) is 23.4. The van der Waals surface area contributed by atoms with Gasteiger partial charge in [-0.1, -0.05) is 97.1 Å². The van der Waals surface area contributed by atoms with Gasteiger partial charge in [0.1, 0.15) is 41.4 Å². The van der Waals surface area contributed by atoms with E-state index < -0.39 is 33.3 Å². The highest BCUT2D eigenvalue weighted by atomic mass is 32.2. The van der Waals surface area contributed by atoms with E-state index in [4.69, 9.17) is 9.47 Å². The predicted molar refractivity (Wildman–Crippen MR) is 172 cm³/mol. The lowest BCUT2D eigenvalue weighted by Crippen LogP contribution is -2.28. The smallest absolute Gasteiger partial charge is 0.506 e. The number of pyridine rings is 2. The number of halogens is 3. The molecule has 0 aliphatic carbocycles. The minimum absolute atomic E-state index is 0.0278. The van der Waals surface area contributed by atoms with Crippen LogP contribution in [0, 0.1) is 0 Å². The van der Waals surface area contributed by atoms with Gasteiger partial charge in [0.2, 0.25) is 0 Å². The van der Waals surface area contributed by atoms with Crippen LogP contribution in [0.2, 0.25) is 0 Å². The zero-order valence-electron chi connectivity index (χ0n) is 25.2. The van der Waals surface area contributed by atoms with Gasteiger partial charge in [-0.05, 0) is 35.4 Å². The van der Waals surface area contributed by atoms with Crippen molar-refractivity contribution in [2.45, 2.75) is 18.7 Å². The second-order valence-corrected chi connectivity index (χ2v) is 11.7. The summed E-state index contributed by atoms with van der Waals surface area (Å²) in [6.07, 6.45) is 0. The van der Waals surface area contributed by atoms with E-state index in [1.807, 2.05) is 36.4 Å². The Balaban J connectivity index is 0.000000199. The first-order valence-electron chi connectivity index (χ1n) is 14.3. The molecule has 10 nitrogen and oxygen atoms in total. The Morgan fingerprint density at radius 2 is 1.08 bits per heavy atom. The Bertz CT molecular complexity index is 2220. The fraction of sp³-hybridized carbons (Fsp3) is 0.0857. The molecule has 4 aromatic carbocycles. The lowest BCUT2D eigenvalue weighted by atomic mass is 10.2. The van der Waals surface area contributed by atoms with Crippen LogP contribution in [0.3, 0.4) is 0 Å². The number of hydrogen-bond acceptors (Lipinski definition) is 10. The number of carbonyl (C=O) groups is 2. The monoisotopic (exact) mass is 690 g/mol. The molecule has 2 heterocycles. The van der Waals surface area contributed by atoms with E-state index >= 15 is 0 Å². The summed E-state index contributed by atoms with van der Waals surface area (Å²) in [6, 6.07) is 33.2. The van der Waals surface area contributed by atoms with E-state index in [0.717, 1.165) is 22.6 Å². The quantitative estimate of drug-likeness (QED) is 0.0997. The molecule has 1 N–H and O–H groups in total. The molecule has 0 amide bonds. The number of alkyl halides is 3. The summed E-state index contributed by atoms with van der Waals surface area (Å²) in [5.74, 6) is -1.93. The van der Waals surface area contributed by atoms with Gasteiger partial charge in [0.25, 0.3) is 0 Å². The molecule has 0 saturated carbocycles. The standard InChI is InChI=1S/C18H12F3NO5S.C17H13NO3/c19-18(20,21)28(24,25)27-15-8-4-7-13-9-10-14(22-16(13)15)17(23)26-11-12-5-2-1-3-6-12;19-15-8-4-7-13-9-10-14(18-16(13)15)17(20)21-11-12-5-2-1-3-6-12/h1-10H,11H2;1-10,19H,11H2. The van der Waals surface area contributed by atoms with Crippen LogP contribution >= 0.6 is 0 Å². The van der Waals surface area contributed by atoms with Crippen molar-refractivity contribution in [3.63, 3.8) is 0 Å². The Morgan fingerprint density at radius 3 is 1.59 bits per heavy atom. The molecule has 0 fully saturated rings.